The van der Waals surface area contributed by atoms with E-state index in [4.69, 9.17) is 21.4 Å². The Morgan fingerprint density at radius 1 is 1.00 bits per heavy atom. The number of carbonyl (C=O) groups is 1. The first kappa shape index (κ1) is 19.7. The van der Waals surface area contributed by atoms with Crippen LogP contribution in [-0.2, 0) is 17.9 Å². The Morgan fingerprint density at radius 3 is 2.56 bits per heavy atom. The number of hydrogen-bond acceptors (Lipinski definition) is 4. The minimum Gasteiger partial charge on any atom is -0.491 e. The lowest BCUT2D eigenvalue weighted by Gasteiger charge is -2.22. The van der Waals surface area contributed by atoms with Crippen LogP contribution in [-0.4, -0.2) is 53.7 Å². The van der Waals surface area contributed by atoms with Gasteiger partial charge in [-0.25, -0.2) is 0 Å². The molecular weight excluding hydrogens is 364 g/mol. The zero-order valence-electron chi connectivity index (χ0n) is 15.3. The van der Waals surface area contributed by atoms with Crippen LogP contribution in [0.5, 0.6) is 5.75 Å². The van der Waals surface area contributed by atoms with Crippen molar-refractivity contribution >= 4 is 17.5 Å². The summed E-state index contributed by atoms with van der Waals surface area (Å²) in [5.74, 6) is 0.938. The molecule has 3 rings (SSSR count). The fourth-order valence-electron chi connectivity index (χ4n) is 3.25. The monoisotopic (exact) mass is 388 g/mol. The van der Waals surface area contributed by atoms with Gasteiger partial charge >= 0.3 is 0 Å². The van der Waals surface area contributed by atoms with E-state index in [9.17, 15) is 4.79 Å². The first-order chi connectivity index (χ1) is 13.1. The van der Waals surface area contributed by atoms with Crippen LogP contribution in [0.25, 0.3) is 0 Å². The Labute approximate surface area is 165 Å². The molecule has 0 aromatic heterocycles. The summed E-state index contributed by atoms with van der Waals surface area (Å²) in [4.78, 5) is 16.7. The van der Waals surface area contributed by atoms with Gasteiger partial charge in [-0.2, -0.15) is 0 Å². The van der Waals surface area contributed by atoms with Crippen LogP contribution in [0.2, 0.25) is 5.02 Å². The van der Waals surface area contributed by atoms with E-state index in [0.717, 1.165) is 36.5 Å². The number of carbonyl (C=O) groups excluding carboxylic acids is 1. The summed E-state index contributed by atoms with van der Waals surface area (Å²) >= 11 is 6.05. The molecule has 0 radical (unpaired) electrons. The zero-order chi connectivity index (χ0) is 19.1. The molecule has 144 valence electrons. The fourth-order valence-corrected chi connectivity index (χ4v) is 3.46. The highest BCUT2D eigenvalue weighted by atomic mass is 35.5. The van der Waals surface area contributed by atoms with E-state index in [1.54, 1.807) is 0 Å². The summed E-state index contributed by atoms with van der Waals surface area (Å²) in [5, 5.41) is 9.58. The summed E-state index contributed by atoms with van der Waals surface area (Å²) in [6.45, 7) is 3.93. The Hall–Kier alpha value is -2.08. The molecule has 1 saturated heterocycles. The quantitative estimate of drug-likeness (QED) is 0.792. The minimum absolute atomic E-state index is 0.000918. The maximum Gasteiger partial charge on any atom is 0.224 e. The predicted molar refractivity (Wildman–Crippen MR) is 106 cm³/mol. The molecule has 0 atom stereocenters. The average molecular weight is 389 g/mol. The number of aliphatic hydroxyl groups excluding tert-OH is 1. The summed E-state index contributed by atoms with van der Waals surface area (Å²) < 4.78 is 5.48. The largest absolute Gasteiger partial charge is 0.491 e. The highest BCUT2D eigenvalue weighted by Gasteiger charge is 2.21. The molecule has 1 heterocycles. The van der Waals surface area contributed by atoms with Crippen molar-refractivity contribution in [2.45, 2.75) is 19.5 Å². The van der Waals surface area contributed by atoms with Crippen LogP contribution in [0.4, 0.5) is 0 Å². The van der Waals surface area contributed by atoms with E-state index in [-0.39, 0.29) is 12.5 Å². The molecule has 0 aliphatic carbocycles. The van der Waals surface area contributed by atoms with E-state index in [0.29, 0.717) is 31.1 Å². The molecule has 1 aliphatic heterocycles. The van der Waals surface area contributed by atoms with Crippen LogP contribution >= 0.6 is 11.6 Å². The number of halogens is 1. The molecule has 2 aromatic carbocycles. The van der Waals surface area contributed by atoms with Crippen molar-refractivity contribution in [1.29, 1.82) is 0 Å². The second kappa shape index (κ2) is 9.74. The van der Waals surface area contributed by atoms with Gasteiger partial charge in [0.2, 0.25) is 5.91 Å². The third-order valence-electron chi connectivity index (χ3n) is 4.61. The summed E-state index contributed by atoms with van der Waals surface area (Å²) in [6.07, 6.45) is 0.515. The second-order valence-electron chi connectivity index (χ2n) is 6.69. The van der Waals surface area contributed by atoms with Crippen molar-refractivity contribution < 1.29 is 14.6 Å². The number of nitrogens with zero attached hydrogens (tertiary/aromatic N) is 2. The lowest BCUT2D eigenvalue weighted by Crippen LogP contribution is -2.32. The normalized spacial score (nSPS) is 15.6. The molecule has 0 bridgehead atoms. The van der Waals surface area contributed by atoms with Crippen LogP contribution < -0.4 is 4.74 Å². The maximum absolute atomic E-state index is 12.5. The third-order valence-corrected chi connectivity index (χ3v) is 4.84. The van der Waals surface area contributed by atoms with Crippen LogP contribution in [0.1, 0.15) is 17.5 Å². The molecule has 27 heavy (non-hydrogen) atoms. The van der Waals surface area contributed by atoms with Gasteiger partial charge in [-0.1, -0.05) is 35.9 Å². The molecule has 2 aromatic rings. The van der Waals surface area contributed by atoms with E-state index in [2.05, 4.69) is 11.0 Å². The summed E-state index contributed by atoms with van der Waals surface area (Å²) in [5.41, 5.74) is 2.19. The molecule has 1 amide bonds. The highest BCUT2D eigenvalue weighted by Crippen LogP contribution is 2.18. The minimum atomic E-state index is 0.000918. The molecule has 1 fully saturated rings. The number of benzene rings is 2. The number of aliphatic hydroxyl groups is 1. The van der Waals surface area contributed by atoms with E-state index < -0.39 is 0 Å². The van der Waals surface area contributed by atoms with Gasteiger partial charge in [0, 0.05) is 44.2 Å². The van der Waals surface area contributed by atoms with Crippen molar-refractivity contribution in [3.63, 3.8) is 0 Å². The Balaban J connectivity index is 1.58. The van der Waals surface area contributed by atoms with Gasteiger partial charge < -0.3 is 14.7 Å². The molecular formula is C21H25ClN2O3. The number of rotatable bonds is 7. The zero-order valence-corrected chi connectivity index (χ0v) is 16.1. The molecule has 6 heteroatoms. The van der Waals surface area contributed by atoms with Crippen LogP contribution in [0, 0.1) is 0 Å². The number of hydrogen-bond donors (Lipinski definition) is 1. The molecule has 1 aliphatic rings. The van der Waals surface area contributed by atoms with Gasteiger partial charge in [0.05, 0.1) is 6.61 Å². The first-order valence-corrected chi connectivity index (χ1v) is 9.59. The Morgan fingerprint density at radius 2 is 1.78 bits per heavy atom. The predicted octanol–water partition coefficient (Wildman–Crippen LogP) is 2.95. The van der Waals surface area contributed by atoms with Crippen LogP contribution in [0.15, 0.2) is 48.5 Å². The smallest absolute Gasteiger partial charge is 0.224 e. The van der Waals surface area contributed by atoms with Gasteiger partial charge in [-0.15, -0.1) is 0 Å². The highest BCUT2D eigenvalue weighted by molar-refractivity contribution is 6.30. The number of amides is 1. The summed E-state index contributed by atoms with van der Waals surface area (Å²) in [6, 6.07) is 15.6. The van der Waals surface area contributed by atoms with E-state index in [1.165, 1.54) is 0 Å². The lowest BCUT2D eigenvalue weighted by molar-refractivity contribution is -0.130. The van der Waals surface area contributed by atoms with Crippen molar-refractivity contribution in [1.82, 2.24) is 9.80 Å². The molecule has 5 nitrogen and oxygen atoms in total. The van der Waals surface area contributed by atoms with E-state index in [1.807, 2.05) is 47.4 Å². The average Bonchev–Trinajstić information content (AvgIpc) is 2.83. The van der Waals surface area contributed by atoms with Crippen LogP contribution in [0.3, 0.4) is 0 Å². The number of ether oxygens (including phenoxy) is 1. The van der Waals surface area contributed by atoms with E-state index >= 15 is 0 Å². The molecule has 0 unspecified atom stereocenters. The fraction of sp³-hybridized carbons (Fsp3) is 0.381. The lowest BCUT2D eigenvalue weighted by atomic mass is 10.2. The van der Waals surface area contributed by atoms with Crippen molar-refractivity contribution in [3.05, 3.63) is 64.7 Å². The molecule has 1 N–H and O–H groups in total. The topological polar surface area (TPSA) is 53.0 Å². The van der Waals surface area contributed by atoms with Crippen molar-refractivity contribution in [2.75, 3.05) is 32.8 Å². The standard InChI is InChI=1S/C21H25ClN2O3/c22-19-5-1-3-17(13-19)16-24-10-9-23(8-7-21(24)26)15-18-4-2-6-20(14-18)27-12-11-25/h1-6,13-14,25H,7-12,15-16H2. The van der Waals surface area contributed by atoms with Gasteiger partial charge in [0.1, 0.15) is 12.4 Å². The first-order valence-electron chi connectivity index (χ1n) is 9.21. The van der Waals surface area contributed by atoms with Crippen molar-refractivity contribution in [3.8, 4) is 5.75 Å². The molecule has 0 spiro atoms. The van der Waals surface area contributed by atoms with Gasteiger partial charge in [-0.05, 0) is 35.4 Å². The van der Waals surface area contributed by atoms with Gasteiger partial charge in [0.15, 0.2) is 0 Å². The van der Waals surface area contributed by atoms with Gasteiger partial charge in [0.25, 0.3) is 0 Å². The Bertz CT molecular complexity index is 769. The molecule has 0 saturated carbocycles. The Kier molecular flexibility index (Phi) is 7.10. The summed E-state index contributed by atoms with van der Waals surface area (Å²) in [7, 11) is 0. The maximum atomic E-state index is 12.5. The van der Waals surface area contributed by atoms with Crippen molar-refractivity contribution in [2.24, 2.45) is 0 Å². The van der Waals surface area contributed by atoms with Gasteiger partial charge in [-0.3, -0.25) is 9.69 Å². The second-order valence-corrected chi connectivity index (χ2v) is 7.13. The SMILES string of the molecule is O=C1CCN(Cc2cccc(OCCO)c2)CCN1Cc1cccc(Cl)c1. The third kappa shape index (κ3) is 5.96.